The van der Waals surface area contributed by atoms with Crippen molar-refractivity contribution < 1.29 is 9.13 Å². The van der Waals surface area contributed by atoms with E-state index in [2.05, 4.69) is 4.90 Å². The van der Waals surface area contributed by atoms with Gasteiger partial charge >= 0.3 is 0 Å². The van der Waals surface area contributed by atoms with Crippen LogP contribution in [0.15, 0.2) is 52.4 Å². The van der Waals surface area contributed by atoms with E-state index < -0.39 is 5.82 Å². The summed E-state index contributed by atoms with van der Waals surface area (Å²) in [5.74, 6) is 0.300. The molecule has 5 nitrogen and oxygen atoms in total. The summed E-state index contributed by atoms with van der Waals surface area (Å²) >= 11 is 7.49. The zero-order valence-corrected chi connectivity index (χ0v) is 17.4. The van der Waals surface area contributed by atoms with E-state index in [1.165, 1.54) is 28.5 Å². The second kappa shape index (κ2) is 9.26. The second-order valence-electron chi connectivity index (χ2n) is 6.81. The van der Waals surface area contributed by atoms with Gasteiger partial charge in [0.1, 0.15) is 5.82 Å². The molecule has 1 aliphatic heterocycles. The van der Waals surface area contributed by atoms with E-state index in [4.69, 9.17) is 21.3 Å². The van der Waals surface area contributed by atoms with Crippen molar-refractivity contribution in [1.82, 2.24) is 14.5 Å². The Kier molecular flexibility index (Phi) is 6.50. The highest BCUT2D eigenvalue weighted by Crippen LogP contribution is 2.24. The summed E-state index contributed by atoms with van der Waals surface area (Å²) in [5.41, 5.74) is 0.974. The highest BCUT2D eigenvalue weighted by molar-refractivity contribution is 7.99. The standard InChI is InChI=1S/C21H21ClFN3O2S/c22-17-14-15(6-7-18(17)23)26-20(27)16-4-1-2-5-19(16)24-21(26)29-13-3-8-25-9-11-28-12-10-25/h1-2,4-7,14H,3,8-13H2. The molecule has 4 rings (SSSR count). The molecule has 2 heterocycles. The number of ether oxygens (including phenoxy) is 1. The van der Waals surface area contributed by atoms with E-state index >= 15 is 0 Å². The Balaban J connectivity index is 1.62. The predicted octanol–water partition coefficient (Wildman–Crippen LogP) is 3.99. The van der Waals surface area contributed by atoms with Crippen LogP contribution in [-0.2, 0) is 4.74 Å². The van der Waals surface area contributed by atoms with Crippen molar-refractivity contribution in [2.45, 2.75) is 11.6 Å². The first-order valence-corrected chi connectivity index (χ1v) is 10.9. The number of aromatic nitrogens is 2. The van der Waals surface area contributed by atoms with Crippen LogP contribution < -0.4 is 5.56 Å². The van der Waals surface area contributed by atoms with E-state index in [1.807, 2.05) is 18.2 Å². The number of hydrogen-bond acceptors (Lipinski definition) is 5. The third-order valence-corrected chi connectivity index (χ3v) is 6.17. The number of para-hydroxylation sites is 1. The van der Waals surface area contributed by atoms with E-state index in [0.29, 0.717) is 21.7 Å². The van der Waals surface area contributed by atoms with Gasteiger partial charge in [0.15, 0.2) is 5.16 Å². The van der Waals surface area contributed by atoms with Crippen molar-refractivity contribution >= 4 is 34.3 Å². The Morgan fingerprint density at radius 1 is 1.17 bits per heavy atom. The number of halogens is 2. The summed E-state index contributed by atoms with van der Waals surface area (Å²) in [6, 6.07) is 11.5. The van der Waals surface area contributed by atoms with Gasteiger partial charge in [-0.3, -0.25) is 14.3 Å². The molecule has 0 aliphatic carbocycles. The molecule has 1 fully saturated rings. The molecule has 0 amide bonds. The smallest absolute Gasteiger partial charge is 0.266 e. The van der Waals surface area contributed by atoms with E-state index in [-0.39, 0.29) is 10.6 Å². The van der Waals surface area contributed by atoms with Gasteiger partial charge in [0, 0.05) is 18.8 Å². The maximum atomic E-state index is 13.6. The van der Waals surface area contributed by atoms with Crippen LogP contribution >= 0.6 is 23.4 Å². The third-order valence-electron chi connectivity index (χ3n) is 4.86. The van der Waals surface area contributed by atoms with Crippen LogP contribution in [0.2, 0.25) is 5.02 Å². The number of morpholine rings is 1. The number of thioether (sulfide) groups is 1. The molecule has 2 aromatic carbocycles. The van der Waals surface area contributed by atoms with Crippen LogP contribution in [-0.4, -0.2) is 53.1 Å². The number of hydrogen-bond donors (Lipinski definition) is 0. The van der Waals surface area contributed by atoms with Crippen LogP contribution in [0.3, 0.4) is 0 Å². The Bertz CT molecular complexity index is 1070. The van der Waals surface area contributed by atoms with Crippen molar-refractivity contribution in [2.75, 3.05) is 38.6 Å². The van der Waals surface area contributed by atoms with Gasteiger partial charge in [-0.2, -0.15) is 0 Å². The molecule has 0 atom stereocenters. The minimum absolute atomic E-state index is 0.0224. The summed E-state index contributed by atoms with van der Waals surface area (Å²) in [7, 11) is 0. The summed E-state index contributed by atoms with van der Waals surface area (Å²) in [4.78, 5) is 20.3. The first-order chi connectivity index (χ1) is 14.1. The maximum absolute atomic E-state index is 13.6. The molecule has 8 heteroatoms. The largest absolute Gasteiger partial charge is 0.379 e. The zero-order chi connectivity index (χ0) is 20.2. The van der Waals surface area contributed by atoms with Crippen LogP contribution in [0, 0.1) is 5.82 Å². The predicted molar refractivity (Wildman–Crippen MR) is 115 cm³/mol. The highest BCUT2D eigenvalue weighted by atomic mass is 35.5. The normalized spacial score (nSPS) is 15.1. The van der Waals surface area contributed by atoms with Gasteiger partial charge in [-0.25, -0.2) is 9.37 Å². The molecule has 0 saturated carbocycles. The lowest BCUT2D eigenvalue weighted by Gasteiger charge is -2.26. The third kappa shape index (κ3) is 4.64. The van der Waals surface area contributed by atoms with Crippen molar-refractivity contribution in [2.24, 2.45) is 0 Å². The maximum Gasteiger partial charge on any atom is 0.266 e. The van der Waals surface area contributed by atoms with Crippen LogP contribution in [0.5, 0.6) is 0 Å². The van der Waals surface area contributed by atoms with Gasteiger partial charge < -0.3 is 4.74 Å². The first kappa shape index (κ1) is 20.3. The Labute approximate surface area is 177 Å². The average molecular weight is 434 g/mol. The molecule has 0 spiro atoms. The molecule has 0 radical (unpaired) electrons. The molecule has 152 valence electrons. The lowest BCUT2D eigenvalue weighted by atomic mass is 10.2. The second-order valence-corrected chi connectivity index (χ2v) is 8.28. The zero-order valence-electron chi connectivity index (χ0n) is 15.8. The number of fused-ring (bicyclic) bond motifs is 1. The summed E-state index contributed by atoms with van der Waals surface area (Å²) in [5, 5.41) is 1.08. The SMILES string of the molecule is O=c1c2ccccc2nc(SCCCN2CCOCC2)n1-c1ccc(F)c(Cl)c1. The Morgan fingerprint density at radius 2 is 1.97 bits per heavy atom. The lowest BCUT2D eigenvalue weighted by Crippen LogP contribution is -2.37. The van der Waals surface area contributed by atoms with Crippen molar-refractivity contribution in [1.29, 1.82) is 0 Å². The molecule has 1 saturated heterocycles. The van der Waals surface area contributed by atoms with Gasteiger partial charge in [-0.05, 0) is 43.3 Å². The average Bonchev–Trinajstić information content (AvgIpc) is 2.74. The molecule has 3 aromatic rings. The summed E-state index contributed by atoms with van der Waals surface area (Å²) in [6.45, 7) is 4.46. The topological polar surface area (TPSA) is 47.4 Å². The molecule has 1 aromatic heterocycles. The molecule has 29 heavy (non-hydrogen) atoms. The van der Waals surface area contributed by atoms with Gasteiger partial charge in [0.2, 0.25) is 0 Å². The fourth-order valence-corrected chi connectivity index (χ4v) is 4.45. The highest BCUT2D eigenvalue weighted by Gasteiger charge is 2.15. The molecular formula is C21H21ClFN3O2S. The number of nitrogens with zero attached hydrogens (tertiary/aromatic N) is 3. The fourth-order valence-electron chi connectivity index (χ4n) is 3.34. The molecule has 0 N–H and O–H groups in total. The minimum atomic E-state index is -0.517. The number of rotatable bonds is 6. The van der Waals surface area contributed by atoms with Crippen molar-refractivity contribution in [3.8, 4) is 5.69 Å². The van der Waals surface area contributed by atoms with E-state index in [9.17, 15) is 9.18 Å². The fraction of sp³-hybridized carbons (Fsp3) is 0.333. The van der Waals surface area contributed by atoms with Crippen molar-refractivity contribution in [3.05, 3.63) is 63.7 Å². The summed E-state index contributed by atoms with van der Waals surface area (Å²) in [6.07, 6.45) is 0.970. The van der Waals surface area contributed by atoms with Crippen LogP contribution in [0.1, 0.15) is 6.42 Å². The molecule has 0 bridgehead atoms. The quantitative estimate of drug-likeness (QED) is 0.334. The van der Waals surface area contributed by atoms with Gasteiger partial charge in [0.05, 0.1) is 34.8 Å². The van der Waals surface area contributed by atoms with Gasteiger partial charge in [-0.15, -0.1) is 0 Å². The van der Waals surface area contributed by atoms with Crippen molar-refractivity contribution in [3.63, 3.8) is 0 Å². The minimum Gasteiger partial charge on any atom is -0.379 e. The molecule has 1 aliphatic rings. The molecule has 0 unspecified atom stereocenters. The Morgan fingerprint density at radius 3 is 2.76 bits per heavy atom. The van der Waals surface area contributed by atoms with Crippen LogP contribution in [0.25, 0.3) is 16.6 Å². The van der Waals surface area contributed by atoms with Gasteiger partial charge in [-0.1, -0.05) is 35.5 Å². The Hall–Kier alpha value is -1.93. The lowest BCUT2D eigenvalue weighted by molar-refractivity contribution is 0.0381. The first-order valence-electron chi connectivity index (χ1n) is 9.53. The summed E-state index contributed by atoms with van der Waals surface area (Å²) < 4.78 is 20.5. The molecular weight excluding hydrogens is 413 g/mol. The van der Waals surface area contributed by atoms with E-state index in [1.54, 1.807) is 12.1 Å². The van der Waals surface area contributed by atoms with Crippen LogP contribution in [0.4, 0.5) is 4.39 Å². The monoisotopic (exact) mass is 433 g/mol. The van der Waals surface area contributed by atoms with Gasteiger partial charge in [0.25, 0.3) is 5.56 Å². The van der Waals surface area contributed by atoms with E-state index in [0.717, 1.165) is 45.0 Å². The number of benzene rings is 2.